The summed E-state index contributed by atoms with van der Waals surface area (Å²) in [7, 11) is -2.83. The molecule has 3 N–H and O–H groups in total. The SMILES string of the molecule is O=C(NCCO)NCC1CCS(=O)(=O)CC1. The number of amides is 2. The number of hydrogen-bond donors (Lipinski definition) is 3. The highest BCUT2D eigenvalue weighted by atomic mass is 32.2. The van der Waals surface area contributed by atoms with Gasteiger partial charge in [-0.1, -0.05) is 0 Å². The van der Waals surface area contributed by atoms with Gasteiger partial charge in [-0.15, -0.1) is 0 Å². The zero-order chi connectivity index (χ0) is 12.0. The summed E-state index contributed by atoms with van der Waals surface area (Å²) < 4.78 is 22.3. The van der Waals surface area contributed by atoms with Gasteiger partial charge in [-0.25, -0.2) is 13.2 Å². The van der Waals surface area contributed by atoms with E-state index in [-0.39, 0.29) is 36.6 Å². The Bertz CT molecular complexity index is 314. The van der Waals surface area contributed by atoms with Gasteiger partial charge in [-0.3, -0.25) is 0 Å². The van der Waals surface area contributed by atoms with Gasteiger partial charge in [-0.05, 0) is 18.8 Å². The predicted molar refractivity (Wildman–Crippen MR) is 59.9 cm³/mol. The number of carbonyl (C=O) groups is 1. The van der Waals surface area contributed by atoms with Gasteiger partial charge in [0.1, 0.15) is 9.84 Å². The molecule has 1 heterocycles. The first-order valence-corrected chi connectivity index (χ1v) is 7.18. The van der Waals surface area contributed by atoms with Crippen molar-refractivity contribution in [3.8, 4) is 0 Å². The summed E-state index contributed by atoms with van der Waals surface area (Å²) in [6.07, 6.45) is 1.23. The summed E-state index contributed by atoms with van der Waals surface area (Å²) in [4.78, 5) is 11.1. The van der Waals surface area contributed by atoms with Crippen LogP contribution in [0.3, 0.4) is 0 Å². The second kappa shape index (κ2) is 6.05. The molecule has 1 saturated heterocycles. The fourth-order valence-electron chi connectivity index (χ4n) is 1.61. The molecule has 7 heteroatoms. The van der Waals surface area contributed by atoms with Gasteiger partial charge in [-0.2, -0.15) is 0 Å². The smallest absolute Gasteiger partial charge is 0.314 e. The molecule has 0 aromatic heterocycles. The van der Waals surface area contributed by atoms with Crippen molar-refractivity contribution < 1.29 is 18.3 Å². The number of hydrogen-bond acceptors (Lipinski definition) is 4. The van der Waals surface area contributed by atoms with E-state index >= 15 is 0 Å². The highest BCUT2D eigenvalue weighted by molar-refractivity contribution is 7.91. The first kappa shape index (κ1) is 13.2. The first-order chi connectivity index (χ1) is 7.53. The van der Waals surface area contributed by atoms with Crippen molar-refractivity contribution >= 4 is 15.9 Å². The monoisotopic (exact) mass is 250 g/mol. The zero-order valence-corrected chi connectivity index (χ0v) is 9.92. The van der Waals surface area contributed by atoms with Gasteiger partial charge in [0.2, 0.25) is 0 Å². The molecule has 0 aromatic carbocycles. The van der Waals surface area contributed by atoms with Gasteiger partial charge >= 0.3 is 6.03 Å². The quantitative estimate of drug-likeness (QED) is 0.602. The van der Waals surface area contributed by atoms with E-state index in [9.17, 15) is 13.2 Å². The van der Waals surface area contributed by atoms with E-state index in [1.54, 1.807) is 0 Å². The third-order valence-corrected chi connectivity index (χ3v) is 4.34. The van der Waals surface area contributed by atoms with Gasteiger partial charge in [0.15, 0.2) is 0 Å². The predicted octanol–water partition coefficient (Wildman–Crippen LogP) is -0.897. The molecule has 0 aliphatic carbocycles. The fourth-order valence-corrected chi connectivity index (χ4v) is 3.20. The number of carbonyl (C=O) groups excluding carboxylic acids is 1. The Morgan fingerprint density at radius 2 is 1.88 bits per heavy atom. The maximum Gasteiger partial charge on any atom is 0.314 e. The van der Waals surface area contributed by atoms with Crippen LogP contribution in [0.25, 0.3) is 0 Å². The summed E-state index contributed by atoms with van der Waals surface area (Å²) in [5, 5.41) is 13.6. The standard InChI is InChI=1S/C9H18N2O4S/c12-4-3-10-9(13)11-7-8-1-5-16(14,15)6-2-8/h8,12H,1-7H2,(H2,10,11,13). The molecule has 94 valence electrons. The molecule has 1 aliphatic heterocycles. The molecule has 0 radical (unpaired) electrons. The number of aliphatic hydroxyl groups is 1. The van der Waals surface area contributed by atoms with Crippen LogP contribution in [0.15, 0.2) is 0 Å². The lowest BCUT2D eigenvalue weighted by molar-refractivity contribution is 0.232. The Morgan fingerprint density at radius 3 is 2.44 bits per heavy atom. The van der Waals surface area contributed by atoms with E-state index in [1.165, 1.54) is 0 Å². The third kappa shape index (κ3) is 4.80. The molecule has 0 unspecified atom stereocenters. The minimum absolute atomic E-state index is 0.0882. The molecule has 6 nitrogen and oxygen atoms in total. The van der Waals surface area contributed by atoms with Crippen LogP contribution in [0.4, 0.5) is 4.79 Å². The Kier molecular flexibility index (Phi) is 5.01. The average Bonchev–Trinajstić information content (AvgIpc) is 2.25. The normalized spacial score (nSPS) is 20.3. The molecule has 1 fully saturated rings. The lowest BCUT2D eigenvalue weighted by Gasteiger charge is -2.22. The summed E-state index contributed by atoms with van der Waals surface area (Å²) in [6.45, 7) is 0.632. The summed E-state index contributed by atoms with van der Waals surface area (Å²) in [6, 6.07) is -0.317. The van der Waals surface area contributed by atoms with Crippen molar-refractivity contribution in [2.24, 2.45) is 5.92 Å². The second-order valence-corrected chi connectivity index (χ2v) is 6.26. The van der Waals surface area contributed by atoms with Crippen molar-refractivity contribution in [2.45, 2.75) is 12.8 Å². The number of aliphatic hydroxyl groups excluding tert-OH is 1. The van der Waals surface area contributed by atoms with Crippen LogP contribution in [0, 0.1) is 5.92 Å². The molecule has 0 saturated carbocycles. The Balaban J connectivity index is 2.17. The Hall–Kier alpha value is -0.820. The third-order valence-electron chi connectivity index (χ3n) is 2.62. The van der Waals surface area contributed by atoms with Crippen molar-refractivity contribution in [2.75, 3.05) is 31.2 Å². The molecule has 1 aliphatic rings. The molecule has 0 bridgehead atoms. The fraction of sp³-hybridized carbons (Fsp3) is 0.889. The molecule has 0 atom stereocenters. The van der Waals surface area contributed by atoms with Crippen LogP contribution in [0.1, 0.15) is 12.8 Å². The van der Waals surface area contributed by atoms with Crippen LogP contribution in [-0.4, -0.2) is 50.8 Å². The van der Waals surface area contributed by atoms with Crippen LogP contribution in [0.2, 0.25) is 0 Å². The maximum atomic E-state index is 11.1. The van der Waals surface area contributed by atoms with E-state index in [0.29, 0.717) is 19.4 Å². The van der Waals surface area contributed by atoms with Gasteiger partial charge < -0.3 is 15.7 Å². The minimum Gasteiger partial charge on any atom is -0.395 e. The van der Waals surface area contributed by atoms with Gasteiger partial charge in [0.05, 0.1) is 18.1 Å². The lowest BCUT2D eigenvalue weighted by Crippen LogP contribution is -2.40. The molecule has 1 rings (SSSR count). The topological polar surface area (TPSA) is 95.5 Å². The first-order valence-electron chi connectivity index (χ1n) is 5.36. The average molecular weight is 250 g/mol. The molecular weight excluding hydrogens is 232 g/mol. The van der Waals surface area contributed by atoms with Crippen molar-refractivity contribution in [3.63, 3.8) is 0 Å². The highest BCUT2D eigenvalue weighted by Crippen LogP contribution is 2.17. The maximum absolute atomic E-state index is 11.1. The molecule has 16 heavy (non-hydrogen) atoms. The summed E-state index contributed by atoms with van der Waals surface area (Å²) >= 11 is 0. The van der Waals surface area contributed by atoms with Gasteiger partial charge in [0, 0.05) is 13.1 Å². The Morgan fingerprint density at radius 1 is 1.25 bits per heavy atom. The summed E-state index contributed by atoms with van der Waals surface area (Å²) in [5.74, 6) is 0.679. The van der Waals surface area contributed by atoms with E-state index in [2.05, 4.69) is 10.6 Å². The number of nitrogens with one attached hydrogen (secondary N) is 2. The largest absolute Gasteiger partial charge is 0.395 e. The van der Waals surface area contributed by atoms with Crippen molar-refractivity contribution in [1.82, 2.24) is 10.6 Å². The van der Waals surface area contributed by atoms with E-state index < -0.39 is 9.84 Å². The van der Waals surface area contributed by atoms with Crippen LogP contribution < -0.4 is 10.6 Å². The molecule has 0 aromatic rings. The second-order valence-electron chi connectivity index (χ2n) is 3.96. The lowest BCUT2D eigenvalue weighted by atomic mass is 10.0. The number of sulfone groups is 1. The highest BCUT2D eigenvalue weighted by Gasteiger charge is 2.23. The molecule has 2 amide bonds. The van der Waals surface area contributed by atoms with E-state index in [1.807, 2.05) is 0 Å². The molecular formula is C9H18N2O4S. The van der Waals surface area contributed by atoms with E-state index in [0.717, 1.165) is 0 Å². The zero-order valence-electron chi connectivity index (χ0n) is 9.11. The van der Waals surface area contributed by atoms with Crippen molar-refractivity contribution in [3.05, 3.63) is 0 Å². The van der Waals surface area contributed by atoms with Crippen LogP contribution >= 0.6 is 0 Å². The summed E-state index contributed by atoms with van der Waals surface area (Å²) in [5.41, 5.74) is 0. The minimum atomic E-state index is -2.83. The number of urea groups is 1. The van der Waals surface area contributed by atoms with E-state index in [4.69, 9.17) is 5.11 Å². The van der Waals surface area contributed by atoms with Crippen LogP contribution in [-0.2, 0) is 9.84 Å². The van der Waals surface area contributed by atoms with Crippen LogP contribution in [0.5, 0.6) is 0 Å². The Labute approximate surface area is 95.3 Å². The number of rotatable bonds is 4. The molecule has 0 spiro atoms. The van der Waals surface area contributed by atoms with Crippen molar-refractivity contribution in [1.29, 1.82) is 0 Å². The van der Waals surface area contributed by atoms with Gasteiger partial charge in [0.25, 0.3) is 0 Å².